The lowest BCUT2D eigenvalue weighted by Gasteiger charge is -2.12. The average molecular weight is 280 g/mol. The monoisotopic (exact) mass is 280 g/mol. The van der Waals surface area contributed by atoms with Crippen molar-refractivity contribution in [3.63, 3.8) is 0 Å². The van der Waals surface area contributed by atoms with Gasteiger partial charge in [-0.15, -0.1) is 13.2 Å². The second kappa shape index (κ2) is 9.32. The predicted molar refractivity (Wildman–Crippen MR) is 87.9 cm³/mol. The van der Waals surface area contributed by atoms with E-state index in [4.69, 9.17) is 9.53 Å². The van der Waals surface area contributed by atoms with Gasteiger partial charge in [-0.05, 0) is 36.1 Å². The van der Waals surface area contributed by atoms with E-state index in [1.54, 1.807) is 0 Å². The van der Waals surface area contributed by atoms with Gasteiger partial charge >= 0.3 is 0 Å². The normalized spacial score (nSPS) is 9.14. The Hall–Kier alpha value is -2.61. The van der Waals surface area contributed by atoms with Gasteiger partial charge in [-0.2, -0.15) is 0 Å². The fourth-order valence-electron chi connectivity index (χ4n) is 1.97. The first-order valence-corrected chi connectivity index (χ1v) is 6.69. The van der Waals surface area contributed by atoms with Gasteiger partial charge in [0.2, 0.25) is 0 Å². The molecule has 2 rings (SSSR count). The van der Waals surface area contributed by atoms with E-state index >= 15 is 0 Å². The Kier molecular flexibility index (Phi) is 7.30. The molecule has 0 saturated heterocycles. The molecule has 0 aliphatic rings. The Labute approximate surface area is 126 Å². The summed E-state index contributed by atoms with van der Waals surface area (Å²) < 4.78 is 6.05. The molecular formula is C19H20O2. The molecule has 0 aliphatic heterocycles. The Balaban J connectivity index is 0.00000106. The molecule has 2 nitrogen and oxygen atoms in total. The quantitative estimate of drug-likeness (QED) is 0.714. The molecule has 0 aromatic heterocycles. The molecule has 0 spiro atoms. The SMILES string of the molecule is C=CCc1ccccc1Oc1ccccc1CC=C.C=O. The van der Waals surface area contributed by atoms with E-state index in [1.807, 2.05) is 55.3 Å². The Morgan fingerprint density at radius 3 is 1.52 bits per heavy atom. The first-order valence-electron chi connectivity index (χ1n) is 6.69. The lowest BCUT2D eigenvalue weighted by molar-refractivity contribution is -0.0979. The molecule has 0 unspecified atom stereocenters. The fourth-order valence-corrected chi connectivity index (χ4v) is 1.97. The zero-order valence-corrected chi connectivity index (χ0v) is 12.1. The van der Waals surface area contributed by atoms with Gasteiger partial charge in [0.05, 0.1) is 0 Å². The van der Waals surface area contributed by atoms with Crippen molar-refractivity contribution in [3.8, 4) is 11.5 Å². The van der Waals surface area contributed by atoms with Crippen molar-refractivity contribution in [1.29, 1.82) is 0 Å². The van der Waals surface area contributed by atoms with Crippen molar-refractivity contribution in [3.05, 3.63) is 85.0 Å². The molecule has 0 heterocycles. The number of hydrogen-bond donors (Lipinski definition) is 0. The Bertz CT molecular complexity index is 536. The molecular weight excluding hydrogens is 260 g/mol. The minimum absolute atomic E-state index is 0.805. The maximum atomic E-state index is 8.00. The first kappa shape index (κ1) is 16.4. The van der Waals surface area contributed by atoms with E-state index in [9.17, 15) is 0 Å². The third-order valence-corrected chi connectivity index (χ3v) is 2.89. The predicted octanol–water partition coefficient (Wildman–Crippen LogP) is 4.75. The zero-order valence-electron chi connectivity index (χ0n) is 12.1. The third-order valence-electron chi connectivity index (χ3n) is 2.89. The minimum Gasteiger partial charge on any atom is -0.457 e. The molecule has 2 heteroatoms. The first-order chi connectivity index (χ1) is 10.3. The molecule has 2 aromatic carbocycles. The zero-order chi connectivity index (χ0) is 15.5. The lowest BCUT2D eigenvalue weighted by atomic mass is 10.1. The van der Waals surface area contributed by atoms with Crippen molar-refractivity contribution in [2.45, 2.75) is 12.8 Å². The third kappa shape index (κ3) is 4.77. The molecule has 0 aliphatic carbocycles. The number of carbonyl (C=O) groups excluding carboxylic acids is 1. The number of ether oxygens (including phenoxy) is 1. The fraction of sp³-hybridized carbons (Fsp3) is 0.105. The summed E-state index contributed by atoms with van der Waals surface area (Å²) in [6, 6.07) is 16.1. The van der Waals surface area contributed by atoms with Gasteiger partial charge in [-0.3, -0.25) is 0 Å². The summed E-state index contributed by atoms with van der Waals surface area (Å²) in [5.41, 5.74) is 2.29. The van der Waals surface area contributed by atoms with Crippen molar-refractivity contribution in [2.75, 3.05) is 0 Å². The van der Waals surface area contributed by atoms with Gasteiger partial charge in [0.25, 0.3) is 0 Å². The summed E-state index contributed by atoms with van der Waals surface area (Å²) in [6.45, 7) is 9.56. The highest BCUT2D eigenvalue weighted by Crippen LogP contribution is 2.28. The molecule has 21 heavy (non-hydrogen) atoms. The number of allylic oxidation sites excluding steroid dienone is 2. The average Bonchev–Trinajstić information content (AvgIpc) is 2.54. The maximum absolute atomic E-state index is 8.00. The van der Waals surface area contributed by atoms with Crippen LogP contribution in [0.15, 0.2) is 73.8 Å². The number of carbonyl (C=O) groups is 1. The summed E-state index contributed by atoms with van der Waals surface area (Å²) in [4.78, 5) is 8.00. The number of rotatable bonds is 6. The lowest BCUT2D eigenvalue weighted by Crippen LogP contribution is -1.93. The van der Waals surface area contributed by atoms with Crippen LogP contribution < -0.4 is 4.74 Å². The number of hydrogen-bond acceptors (Lipinski definition) is 2. The molecule has 0 atom stereocenters. The second-order valence-corrected chi connectivity index (χ2v) is 4.30. The van der Waals surface area contributed by atoms with Crippen LogP contribution in [0.4, 0.5) is 0 Å². The Morgan fingerprint density at radius 1 is 0.762 bits per heavy atom. The standard InChI is InChI=1S/C18H18O.CH2O/c1-3-9-15-11-5-7-13-17(15)19-18-14-8-6-12-16(18)10-4-2;1-2/h3-8,11-14H,1-2,9-10H2;1H2. The van der Waals surface area contributed by atoms with Gasteiger partial charge in [-0.25, -0.2) is 0 Å². The van der Waals surface area contributed by atoms with E-state index in [1.165, 1.54) is 0 Å². The molecule has 0 fully saturated rings. The molecule has 2 aromatic rings. The summed E-state index contributed by atoms with van der Waals surface area (Å²) in [5, 5.41) is 0. The highest BCUT2D eigenvalue weighted by Gasteiger charge is 2.06. The van der Waals surface area contributed by atoms with E-state index in [-0.39, 0.29) is 0 Å². The van der Waals surface area contributed by atoms with Gasteiger partial charge < -0.3 is 9.53 Å². The van der Waals surface area contributed by atoms with Crippen LogP contribution >= 0.6 is 0 Å². The summed E-state index contributed by atoms with van der Waals surface area (Å²) in [5.74, 6) is 1.78. The molecule has 0 saturated carbocycles. The molecule has 0 amide bonds. The van der Waals surface area contributed by atoms with Crippen molar-refractivity contribution < 1.29 is 9.53 Å². The van der Waals surface area contributed by atoms with E-state index in [2.05, 4.69) is 25.3 Å². The van der Waals surface area contributed by atoms with E-state index in [0.717, 1.165) is 35.5 Å². The van der Waals surface area contributed by atoms with E-state index < -0.39 is 0 Å². The molecule has 0 radical (unpaired) electrons. The van der Waals surface area contributed by atoms with Crippen LogP contribution in [0, 0.1) is 0 Å². The van der Waals surface area contributed by atoms with Crippen molar-refractivity contribution >= 4 is 6.79 Å². The highest BCUT2D eigenvalue weighted by molar-refractivity contribution is 5.42. The smallest absolute Gasteiger partial charge is 0.130 e. The molecule has 0 N–H and O–H groups in total. The van der Waals surface area contributed by atoms with Crippen LogP contribution in [-0.4, -0.2) is 6.79 Å². The van der Waals surface area contributed by atoms with Gasteiger partial charge in [0.1, 0.15) is 18.3 Å². The van der Waals surface area contributed by atoms with Crippen LogP contribution in [0.1, 0.15) is 11.1 Å². The highest BCUT2D eigenvalue weighted by atomic mass is 16.5. The number of para-hydroxylation sites is 2. The van der Waals surface area contributed by atoms with Gasteiger partial charge in [0.15, 0.2) is 0 Å². The van der Waals surface area contributed by atoms with Gasteiger partial charge in [-0.1, -0.05) is 48.6 Å². The van der Waals surface area contributed by atoms with Crippen LogP contribution in [0.5, 0.6) is 11.5 Å². The maximum Gasteiger partial charge on any atom is 0.130 e. The summed E-state index contributed by atoms with van der Waals surface area (Å²) in [7, 11) is 0. The van der Waals surface area contributed by atoms with Crippen LogP contribution in [-0.2, 0) is 17.6 Å². The van der Waals surface area contributed by atoms with Crippen molar-refractivity contribution in [1.82, 2.24) is 0 Å². The topological polar surface area (TPSA) is 26.3 Å². The second-order valence-electron chi connectivity index (χ2n) is 4.30. The summed E-state index contributed by atoms with van der Waals surface area (Å²) >= 11 is 0. The van der Waals surface area contributed by atoms with Gasteiger partial charge in [0, 0.05) is 0 Å². The van der Waals surface area contributed by atoms with Crippen LogP contribution in [0.3, 0.4) is 0 Å². The number of benzene rings is 2. The van der Waals surface area contributed by atoms with Crippen LogP contribution in [0.2, 0.25) is 0 Å². The molecule has 0 bridgehead atoms. The van der Waals surface area contributed by atoms with Crippen LogP contribution in [0.25, 0.3) is 0 Å². The molecule has 108 valence electrons. The summed E-state index contributed by atoms with van der Waals surface area (Å²) in [6.07, 6.45) is 5.38. The minimum atomic E-state index is 0.805. The van der Waals surface area contributed by atoms with E-state index in [0.29, 0.717) is 0 Å². The van der Waals surface area contributed by atoms with Crippen molar-refractivity contribution in [2.24, 2.45) is 0 Å². The Morgan fingerprint density at radius 2 is 1.14 bits per heavy atom. The largest absolute Gasteiger partial charge is 0.457 e.